The zero-order chi connectivity index (χ0) is 20.9. The Morgan fingerprint density at radius 1 is 1.29 bits per heavy atom. The average molecular weight is 399 g/mol. The summed E-state index contributed by atoms with van der Waals surface area (Å²) in [7, 11) is 0. The van der Waals surface area contributed by atoms with E-state index in [0.29, 0.717) is 0 Å². The molecule has 0 unspecified atom stereocenters. The van der Waals surface area contributed by atoms with Crippen molar-refractivity contribution < 1.29 is 26.9 Å². The molecule has 1 aliphatic heterocycles. The van der Waals surface area contributed by atoms with Gasteiger partial charge in [0, 0.05) is 12.5 Å². The normalized spacial score (nSPS) is 26.6. The van der Waals surface area contributed by atoms with Gasteiger partial charge in [-0.2, -0.15) is 4.98 Å². The third-order valence-corrected chi connectivity index (χ3v) is 4.65. The first-order valence-electron chi connectivity index (χ1n) is 8.20. The fourth-order valence-corrected chi connectivity index (χ4v) is 2.95. The Balaban J connectivity index is 2.03. The van der Waals surface area contributed by atoms with Gasteiger partial charge in [0.15, 0.2) is 17.0 Å². The molecule has 2 atom stereocenters. The number of nitrogens with two attached hydrogens (primary N) is 1. The van der Waals surface area contributed by atoms with Crippen LogP contribution in [-0.2, 0) is 5.54 Å². The molecule has 0 spiro atoms. The monoisotopic (exact) mass is 399 g/mol. The van der Waals surface area contributed by atoms with E-state index in [4.69, 9.17) is 5.73 Å². The lowest BCUT2D eigenvalue weighted by molar-refractivity contribution is -0.106. The maximum Gasteiger partial charge on any atom is 0.297 e. The number of aromatic nitrogens is 2. The van der Waals surface area contributed by atoms with Gasteiger partial charge in [0.05, 0.1) is 12.1 Å². The highest BCUT2D eigenvalue weighted by Crippen LogP contribution is 2.50. The van der Waals surface area contributed by atoms with Gasteiger partial charge in [-0.25, -0.2) is 17.6 Å². The summed E-state index contributed by atoms with van der Waals surface area (Å²) >= 11 is 0. The predicted molar refractivity (Wildman–Crippen MR) is 91.4 cm³/mol. The molecule has 11 heteroatoms. The van der Waals surface area contributed by atoms with E-state index in [-0.39, 0.29) is 11.7 Å². The zero-order valence-electron chi connectivity index (χ0n) is 15.2. The van der Waals surface area contributed by atoms with Crippen LogP contribution in [0.5, 0.6) is 0 Å². The van der Waals surface area contributed by atoms with E-state index in [9.17, 15) is 18.0 Å². The standard InChI is InChI=1S/C17H17F4N5O2/c1-8-23-12(26-28-8)13(27)24-10-6-4-5-9(11(10)18)16(3)17(20,21)7-15(2,19)14(22)25-16/h4-6H,7H2,1-3H3,(H2,22,25)(H,24,27)/t15-,16-/m1/s1. The van der Waals surface area contributed by atoms with Crippen LogP contribution in [0.15, 0.2) is 27.7 Å². The van der Waals surface area contributed by atoms with Crippen LogP contribution in [-0.4, -0.2) is 33.5 Å². The molecule has 28 heavy (non-hydrogen) atoms. The van der Waals surface area contributed by atoms with Gasteiger partial charge in [-0.05, 0) is 19.9 Å². The number of hydrogen-bond donors (Lipinski definition) is 2. The van der Waals surface area contributed by atoms with Gasteiger partial charge < -0.3 is 15.6 Å². The summed E-state index contributed by atoms with van der Waals surface area (Å²) in [6.45, 7) is 3.30. The summed E-state index contributed by atoms with van der Waals surface area (Å²) in [5.74, 6) is -6.69. The molecule has 0 radical (unpaired) electrons. The maximum absolute atomic E-state index is 15.0. The molecule has 1 aromatic heterocycles. The number of amidine groups is 1. The van der Waals surface area contributed by atoms with E-state index in [2.05, 4.69) is 25.0 Å². The van der Waals surface area contributed by atoms with Gasteiger partial charge in [0.25, 0.3) is 17.7 Å². The van der Waals surface area contributed by atoms with E-state index >= 15 is 4.39 Å². The van der Waals surface area contributed by atoms with Gasteiger partial charge in [-0.1, -0.05) is 17.3 Å². The van der Waals surface area contributed by atoms with Crippen LogP contribution in [0.2, 0.25) is 0 Å². The zero-order valence-corrected chi connectivity index (χ0v) is 15.2. The lowest BCUT2D eigenvalue weighted by Crippen LogP contribution is -2.56. The summed E-state index contributed by atoms with van der Waals surface area (Å²) in [6.07, 6.45) is -1.26. The quantitative estimate of drug-likeness (QED) is 0.772. The molecular weight excluding hydrogens is 382 g/mol. The Bertz CT molecular complexity index is 972. The lowest BCUT2D eigenvalue weighted by atomic mass is 9.77. The fraction of sp³-hybridized carbons (Fsp3) is 0.412. The number of anilines is 1. The molecule has 2 heterocycles. The highest BCUT2D eigenvalue weighted by atomic mass is 19.3. The second kappa shape index (κ2) is 6.28. The molecule has 2 aromatic rings. The topological polar surface area (TPSA) is 106 Å². The first-order valence-corrected chi connectivity index (χ1v) is 8.20. The highest BCUT2D eigenvalue weighted by molar-refractivity contribution is 6.01. The van der Waals surface area contributed by atoms with Crippen LogP contribution in [0.3, 0.4) is 0 Å². The number of nitrogens with one attached hydrogen (secondary N) is 1. The van der Waals surface area contributed by atoms with Crippen LogP contribution in [0.25, 0.3) is 0 Å². The first-order chi connectivity index (χ1) is 12.9. The van der Waals surface area contributed by atoms with Gasteiger partial charge in [0.2, 0.25) is 5.89 Å². The van der Waals surface area contributed by atoms with Crippen molar-refractivity contribution in [2.24, 2.45) is 10.7 Å². The largest absolute Gasteiger partial charge is 0.385 e. The molecule has 0 bridgehead atoms. The van der Waals surface area contributed by atoms with E-state index in [1.54, 1.807) is 0 Å². The Morgan fingerprint density at radius 2 is 1.96 bits per heavy atom. The van der Waals surface area contributed by atoms with Gasteiger partial charge in [-0.3, -0.25) is 9.79 Å². The smallest absolute Gasteiger partial charge is 0.297 e. The molecular formula is C17H17F4N5O2. The Morgan fingerprint density at radius 3 is 2.57 bits per heavy atom. The van der Waals surface area contributed by atoms with Crippen molar-refractivity contribution in [3.8, 4) is 0 Å². The summed E-state index contributed by atoms with van der Waals surface area (Å²) in [5.41, 5.74) is -0.414. The van der Waals surface area contributed by atoms with Crippen LogP contribution in [0.1, 0.15) is 42.3 Å². The molecule has 0 fully saturated rings. The molecule has 0 saturated carbocycles. The third kappa shape index (κ3) is 3.10. The number of hydrogen-bond acceptors (Lipinski definition) is 6. The molecule has 1 amide bonds. The Kier molecular flexibility index (Phi) is 4.43. The Labute approximate surface area is 157 Å². The predicted octanol–water partition coefficient (Wildman–Crippen LogP) is 3.11. The van der Waals surface area contributed by atoms with Crippen LogP contribution in [0.4, 0.5) is 23.2 Å². The number of carbonyl (C=O) groups is 1. The van der Waals surface area contributed by atoms with E-state index in [1.165, 1.54) is 19.1 Å². The number of alkyl halides is 3. The Hall–Kier alpha value is -2.98. The summed E-state index contributed by atoms with van der Waals surface area (Å²) < 4.78 is 63.5. The third-order valence-electron chi connectivity index (χ3n) is 4.65. The van der Waals surface area contributed by atoms with Gasteiger partial charge >= 0.3 is 0 Å². The summed E-state index contributed by atoms with van der Waals surface area (Å²) in [6, 6.07) is 3.50. The first kappa shape index (κ1) is 19.8. The number of aryl methyl sites for hydroxylation is 1. The van der Waals surface area contributed by atoms with Crippen molar-refractivity contribution >= 4 is 17.4 Å². The number of amides is 1. The molecule has 3 rings (SSSR count). The molecule has 3 N–H and O–H groups in total. The minimum absolute atomic E-state index is 0.118. The minimum atomic E-state index is -3.74. The molecule has 0 saturated heterocycles. The van der Waals surface area contributed by atoms with E-state index < -0.39 is 52.4 Å². The van der Waals surface area contributed by atoms with Crippen molar-refractivity contribution in [1.29, 1.82) is 0 Å². The van der Waals surface area contributed by atoms with Crippen LogP contribution >= 0.6 is 0 Å². The number of rotatable bonds is 3. The number of nitrogens with zero attached hydrogens (tertiary/aromatic N) is 3. The molecule has 1 aliphatic rings. The van der Waals surface area contributed by atoms with Crippen LogP contribution < -0.4 is 11.1 Å². The van der Waals surface area contributed by atoms with Crippen molar-refractivity contribution in [3.63, 3.8) is 0 Å². The maximum atomic E-state index is 15.0. The number of halogens is 4. The SMILES string of the molecule is Cc1nc(C(=O)Nc2cccc([C@@]3(C)N=C(N)[C@](C)(F)CC3(F)F)c2F)no1. The number of aliphatic imine (C=N–C) groups is 1. The minimum Gasteiger partial charge on any atom is -0.385 e. The molecule has 7 nitrogen and oxygen atoms in total. The number of benzene rings is 1. The van der Waals surface area contributed by atoms with E-state index in [1.807, 2.05) is 0 Å². The van der Waals surface area contributed by atoms with Crippen molar-refractivity contribution in [2.45, 2.75) is 44.3 Å². The van der Waals surface area contributed by atoms with Gasteiger partial charge in [0.1, 0.15) is 5.84 Å². The lowest BCUT2D eigenvalue weighted by Gasteiger charge is -2.42. The molecule has 150 valence electrons. The second-order valence-electron chi connectivity index (χ2n) is 6.91. The summed E-state index contributed by atoms with van der Waals surface area (Å²) in [4.78, 5) is 19.4. The van der Waals surface area contributed by atoms with Crippen molar-refractivity contribution in [1.82, 2.24) is 10.1 Å². The summed E-state index contributed by atoms with van der Waals surface area (Å²) in [5, 5.41) is 5.59. The van der Waals surface area contributed by atoms with Crippen LogP contribution in [0, 0.1) is 12.7 Å². The fourth-order valence-electron chi connectivity index (χ4n) is 2.95. The molecule has 1 aromatic carbocycles. The molecule has 0 aliphatic carbocycles. The second-order valence-corrected chi connectivity index (χ2v) is 6.91. The average Bonchev–Trinajstić information content (AvgIpc) is 3.01. The number of carbonyl (C=O) groups excluding carboxylic acids is 1. The highest BCUT2D eigenvalue weighted by Gasteiger charge is 2.60. The van der Waals surface area contributed by atoms with Crippen molar-refractivity contribution in [3.05, 3.63) is 41.3 Å². The van der Waals surface area contributed by atoms with Gasteiger partial charge in [-0.15, -0.1) is 0 Å². The van der Waals surface area contributed by atoms with E-state index in [0.717, 1.165) is 19.9 Å². The van der Waals surface area contributed by atoms with Crippen molar-refractivity contribution in [2.75, 3.05) is 5.32 Å².